The molecule has 5 heteroatoms. The number of pyridine rings is 1. The van der Waals surface area contributed by atoms with Crippen LogP contribution in [0.1, 0.15) is 36.3 Å². The molecule has 0 saturated heterocycles. The minimum atomic E-state index is 0.106. The summed E-state index contributed by atoms with van der Waals surface area (Å²) in [5.41, 5.74) is 3.31. The quantitative estimate of drug-likeness (QED) is 0.920. The zero-order valence-electron chi connectivity index (χ0n) is 11.5. The summed E-state index contributed by atoms with van der Waals surface area (Å²) >= 11 is 3.58. The van der Waals surface area contributed by atoms with E-state index in [2.05, 4.69) is 44.3 Å². The Bertz CT molecular complexity index is 513. The van der Waals surface area contributed by atoms with Crippen LogP contribution in [0.5, 0.6) is 0 Å². The summed E-state index contributed by atoms with van der Waals surface area (Å²) in [6, 6.07) is 4.27. The second-order valence-corrected chi connectivity index (χ2v) is 5.48. The number of hydrogen-bond donors (Lipinski definition) is 1. The summed E-state index contributed by atoms with van der Waals surface area (Å²) < 4.78 is 2.92. The maximum Gasteiger partial charge on any atom is 0.0774 e. The Morgan fingerprint density at radius 1 is 1.37 bits per heavy atom. The molecule has 0 aromatic carbocycles. The van der Waals surface area contributed by atoms with Gasteiger partial charge < -0.3 is 5.32 Å². The van der Waals surface area contributed by atoms with Crippen LogP contribution in [0.4, 0.5) is 0 Å². The minimum Gasteiger partial charge on any atom is -0.305 e. The predicted octanol–water partition coefficient (Wildman–Crippen LogP) is 2.98. The average Bonchev–Trinajstić information content (AvgIpc) is 2.73. The first-order chi connectivity index (χ1) is 9.13. The van der Waals surface area contributed by atoms with Crippen molar-refractivity contribution in [2.45, 2.75) is 26.3 Å². The van der Waals surface area contributed by atoms with Gasteiger partial charge in [0, 0.05) is 18.9 Å². The number of aromatic nitrogens is 3. The molecule has 19 heavy (non-hydrogen) atoms. The highest BCUT2D eigenvalue weighted by Crippen LogP contribution is 2.27. The van der Waals surface area contributed by atoms with Crippen molar-refractivity contribution < 1.29 is 0 Å². The van der Waals surface area contributed by atoms with Gasteiger partial charge in [-0.15, -0.1) is 0 Å². The summed E-state index contributed by atoms with van der Waals surface area (Å²) in [6.45, 7) is 5.12. The lowest BCUT2D eigenvalue weighted by Gasteiger charge is -2.20. The fourth-order valence-electron chi connectivity index (χ4n) is 2.06. The van der Waals surface area contributed by atoms with Gasteiger partial charge in [0.15, 0.2) is 0 Å². The highest BCUT2D eigenvalue weighted by atomic mass is 79.9. The first-order valence-electron chi connectivity index (χ1n) is 6.46. The molecule has 4 nitrogen and oxygen atoms in total. The molecule has 1 N–H and O–H groups in total. The Hall–Kier alpha value is -1.20. The van der Waals surface area contributed by atoms with Gasteiger partial charge >= 0.3 is 0 Å². The number of nitrogens with zero attached hydrogens (tertiary/aromatic N) is 3. The minimum absolute atomic E-state index is 0.106. The number of nitrogens with one attached hydrogen (secondary N) is 1. The SMILES string of the molecule is CCCNC(c1ccc(C)nc1)c1c(Br)cnn1C. The van der Waals surface area contributed by atoms with E-state index in [9.17, 15) is 0 Å². The van der Waals surface area contributed by atoms with Crippen molar-refractivity contribution in [1.82, 2.24) is 20.1 Å². The van der Waals surface area contributed by atoms with Crippen LogP contribution in [0.25, 0.3) is 0 Å². The highest BCUT2D eigenvalue weighted by molar-refractivity contribution is 9.10. The Kier molecular flexibility index (Phi) is 4.71. The van der Waals surface area contributed by atoms with Crippen LogP contribution in [0.15, 0.2) is 29.0 Å². The van der Waals surface area contributed by atoms with Gasteiger partial charge in [0.25, 0.3) is 0 Å². The van der Waals surface area contributed by atoms with E-state index < -0.39 is 0 Å². The van der Waals surface area contributed by atoms with Crippen LogP contribution in [0.2, 0.25) is 0 Å². The molecule has 0 bridgehead atoms. The number of halogens is 1. The maximum atomic E-state index is 4.39. The molecule has 0 fully saturated rings. The van der Waals surface area contributed by atoms with E-state index in [1.54, 1.807) is 0 Å². The zero-order valence-corrected chi connectivity index (χ0v) is 13.1. The molecular weight excluding hydrogens is 304 g/mol. The van der Waals surface area contributed by atoms with Crippen molar-refractivity contribution in [3.05, 3.63) is 46.0 Å². The Morgan fingerprint density at radius 2 is 2.16 bits per heavy atom. The van der Waals surface area contributed by atoms with Crippen molar-refractivity contribution in [3.8, 4) is 0 Å². The lowest BCUT2D eigenvalue weighted by Crippen LogP contribution is -2.25. The summed E-state index contributed by atoms with van der Waals surface area (Å²) in [5.74, 6) is 0. The van der Waals surface area contributed by atoms with Gasteiger partial charge in [0.2, 0.25) is 0 Å². The Balaban J connectivity index is 2.38. The largest absolute Gasteiger partial charge is 0.305 e. The monoisotopic (exact) mass is 322 g/mol. The molecule has 0 aliphatic carbocycles. The van der Waals surface area contributed by atoms with Gasteiger partial charge in [-0.05, 0) is 47.4 Å². The van der Waals surface area contributed by atoms with Crippen LogP contribution in [0, 0.1) is 6.92 Å². The predicted molar refractivity (Wildman–Crippen MR) is 80.0 cm³/mol. The average molecular weight is 323 g/mol. The molecule has 1 unspecified atom stereocenters. The van der Waals surface area contributed by atoms with Crippen LogP contribution in [-0.4, -0.2) is 21.3 Å². The van der Waals surface area contributed by atoms with Gasteiger partial charge in [0.05, 0.1) is 22.4 Å². The van der Waals surface area contributed by atoms with Gasteiger partial charge in [-0.1, -0.05) is 13.0 Å². The molecule has 0 aliphatic rings. The topological polar surface area (TPSA) is 42.7 Å². The number of rotatable bonds is 5. The normalized spacial score (nSPS) is 12.6. The van der Waals surface area contributed by atoms with E-state index in [1.807, 2.05) is 37.1 Å². The highest BCUT2D eigenvalue weighted by Gasteiger charge is 2.20. The summed E-state index contributed by atoms with van der Waals surface area (Å²) in [6.07, 6.45) is 4.85. The van der Waals surface area contributed by atoms with E-state index in [4.69, 9.17) is 0 Å². The van der Waals surface area contributed by atoms with Gasteiger partial charge in [-0.2, -0.15) is 5.10 Å². The van der Waals surface area contributed by atoms with Crippen molar-refractivity contribution >= 4 is 15.9 Å². The molecule has 2 rings (SSSR count). The van der Waals surface area contributed by atoms with Crippen LogP contribution in [0.3, 0.4) is 0 Å². The molecule has 0 spiro atoms. The first kappa shape index (κ1) is 14.2. The molecule has 0 amide bonds. The second-order valence-electron chi connectivity index (χ2n) is 4.62. The van der Waals surface area contributed by atoms with E-state index >= 15 is 0 Å². The van der Waals surface area contributed by atoms with Crippen LogP contribution < -0.4 is 5.32 Å². The van der Waals surface area contributed by atoms with Crippen molar-refractivity contribution in [1.29, 1.82) is 0 Å². The third kappa shape index (κ3) is 3.22. The Morgan fingerprint density at radius 3 is 2.68 bits per heavy atom. The third-order valence-corrected chi connectivity index (χ3v) is 3.69. The van der Waals surface area contributed by atoms with Gasteiger partial charge in [-0.25, -0.2) is 0 Å². The fraction of sp³-hybridized carbons (Fsp3) is 0.429. The standard InChI is InChI=1S/C14H19BrN4/c1-4-7-16-13(11-6-5-10(2)17-8-11)14-12(15)9-18-19(14)3/h5-6,8-9,13,16H,4,7H2,1-3H3. The van der Waals surface area contributed by atoms with Crippen molar-refractivity contribution in [2.24, 2.45) is 7.05 Å². The Labute approximate surface area is 122 Å². The summed E-state index contributed by atoms with van der Waals surface area (Å²) in [5, 5.41) is 7.86. The summed E-state index contributed by atoms with van der Waals surface area (Å²) in [4.78, 5) is 4.39. The van der Waals surface area contributed by atoms with Crippen LogP contribution in [-0.2, 0) is 7.05 Å². The van der Waals surface area contributed by atoms with Crippen LogP contribution >= 0.6 is 15.9 Å². The van der Waals surface area contributed by atoms with Gasteiger partial charge in [-0.3, -0.25) is 9.67 Å². The van der Waals surface area contributed by atoms with E-state index in [0.717, 1.165) is 34.4 Å². The van der Waals surface area contributed by atoms with Crippen molar-refractivity contribution in [2.75, 3.05) is 6.54 Å². The molecule has 0 saturated carbocycles. The van der Waals surface area contributed by atoms with Crippen molar-refractivity contribution in [3.63, 3.8) is 0 Å². The number of hydrogen-bond acceptors (Lipinski definition) is 3. The summed E-state index contributed by atoms with van der Waals surface area (Å²) in [7, 11) is 1.96. The van der Waals surface area contributed by atoms with E-state index in [0.29, 0.717) is 0 Å². The fourth-order valence-corrected chi connectivity index (χ4v) is 2.63. The molecule has 0 aliphatic heterocycles. The lowest BCUT2D eigenvalue weighted by molar-refractivity contribution is 0.550. The van der Waals surface area contributed by atoms with Gasteiger partial charge in [0.1, 0.15) is 0 Å². The molecule has 2 aromatic rings. The maximum absolute atomic E-state index is 4.39. The molecule has 0 radical (unpaired) electrons. The molecular formula is C14H19BrN4. The molecule has 2 aromatic heterocycles. The zero-order chi connectivity index (χ0) is 13.8. The smallest absolute Gasteiger partial charge is 0.0774 e. The first-order valence-corrected chi connectivity index (χ1v) is 7.26. The molecule has 1 atom stereocenters. The third-order valence-electron chi connectivity index (χ3n) is 3.08. The molecule has 102 valence electrons. The second kappa shape index (κ2) is 6.30. The lowest BCUT2D eigenvalue weighted by atomic mass is 10.1. The van der Waals surface area contributed by atoms with E-state index in [1.165, 1.54) is 0 Å². The number of aryl methyl sites for hydroxylation is 2. The molecule has 2 heterocycles. The van der Waals surface area contributed by atoms with E-state index in [-0.39, 0.29) is 6.04 Å².